The molecule has 2 heteroatoms. The average Bonchev–Trinajstić information content (AvgIpc) is 1.88. The van der Waals surface area contributed by atoms with E-state index in [1.54, 1.807) is 0 Å². The summed E-state index contributed by atoms with van der Waals surface area (Å²) in [5, 5.41) is 0. The zero-order valence-corrected chi connectivity index (χ0v) is 10.5. The van der Waals surface area contributed by atoms with Gasteiger partial charge in [0.1, 0.15) is 0 Å². The minimum atomic E-state index is 0. The van der Waals surface area contributed by atoms with Crippen molar-refractivity contribution >= 4 is 0 Å². The van der Waals surface area contributed by atoms with Crippen LogP contribution in [0.1, 0.15) is 40.0 Å². The van der Waals surface area contributed by atoms with Gasteiger partial charge in [-0.3, -0.25) is 0 Å². The van der Waals surface area contributed by atoms with Crippen LogP contribution in [0.25, 0.3) is 5.73 Å². The van der Waals surface area contributed by atoms with Crippen LogP contribution in [-0.2, 0) is 0 Å². The van der Waals surface area contributed by atoms with Gasteiger partial charge in [-0.2, -0.15) is 6.54 Å². The molecule has 0 heterocycles. The summed E-state index contributed by atoms with van der Waals surface area (Å²) in [4.78, 5) is 0. The first-order valence-electron chi connectivity index (χ1n) is 3.56. The molecule has 0 aromatic carbocycles. The fourth-order valence-electron chi connectivity index (χ4n) is 0.375. The van der Waals surface area contributed by atoms with E-state index in [4.69, 9.17) is 5.73 Å². The smallest absolute Gasteiger partial charge is 0.677 e. The second-order valence-corrected chi connectivity index (χ2v) is 1.46. The Morgan fingerprint density at radius 3 is 1.67 bits per heavy atom. The normalized spacial score (nSPS) is 6.67. The predicted octanol–water partition coefficient (Wildman–Crippen LogP) is 0.259. The fourth-order valence-corrected chi connectivity index (χ4v) is 0.375. The summed E-state index contributed by atoms with van der Waals surface area (Å²) in [6.07, 6.45) is 3.54. The topological polar surface area (TPSA) is 23.8 Å². The number of rotatable bonds is 3. The molecule has 0 aliphatic heterocycles. The molecule has 0 radical (unpaired) electrons. The van der Waals surface area contributed by atoms with Gasteiger partial charge in [0.25, 0.3) is 0 Å². The van der Waals surface area contributed by atoms with Crippen molar-refractivity contribution in [3.63, 3.8) is 0 Å². The molecule has 0 aromatic heterocycles. The Morgan fingerprint density at radius 2 is 1.56 bits per heavy atom. The van der Waals surface area contributed by atoms with E-state index in [0.29, 0.717) is 6.54 Å². The van der Waals surface area contributed by atoms with Gasteiger partial charge in [-0.1, -0.05) is 40.0 Å². The summed E-state index contributed by atoms with van der Waals surface area (Å²) < 4.78 is 0. The van der Waals surface area contributed by atoms with Crippen molar-refractivity contribution in [2.24, 2.45) is 0 Å². The molecule has 0 aliphatic rings. The van der Waals surface area contributed by atoms with Crippen molar-refractivity contribution in [1.29, 1.82) is 0 Å². The van der Waals surface area contributed by atoms with E-state index in [1.165, 1.54) is 12.8 Å². The third-order valence-electron chi connectivity index (χ3n) is 0.780. The van der Waals surface area contributed by atoms with E-state index in [-0.39, 0.29) is 51.4 Å². The molecule has 52 valence electrons. The van der Waals surface area contributed by atoms with Crippen molar-refractivity contribution < 1.29 is 51.4 Å². The van der Waals surface area contributed by atoms with Crippen molar-refractivity contribution in [2.45, 2.75) is 40.0 Å². The molecule has 1 nitrogen and oxygen atoms in total. The summed E-state index contributed by atoms with van der Waals surface area (Å²) in [6, 6.07) is 0. The molecule has 0 fully saturated rings. The van der Waals surface area contributed by atoms with E-state index < -0.39 is 0 Å². The van der Waals surface area contributed by atoms with Crippen LogP contribution in [-0.4, -0.2) is 6.54 Å². The fraction of sp³-hybridized carbons (Fsp3) is 1.00. The number of hydrogen-bond donors (Lipinski definition) is 0. The second kappa shape index (κ2) is 22.6. The molecule has 0 spiro atoms. The number of nitrogens with one attached hydrogen (secondary N) is 1. The minimum absolute atomic E-state index is 0. The summed E-state index contributed by atoms with van der Waals surface area (Å²) in [5.74, 6) is 0. The van der Waals surface area contributed by atoms with Gasteiger partial charge in [0, 0.05) is 0 Å². The quantitative estimate of drug-likeness (QED) is 0.412. The first-order chi connectivity index (χ1) is 3.91. The number of hydrogen-bond acceptors (Lipinski definition) is 0. The van der Waals surface area contributed by atoms with Crippen molar-refractivity contribution in [1.82, 2.24) is 0 Å². The van der Waals surface area contributed by atoms with Crippen LogP contribution < -0.4 is 51.4 Å². The molecule has 0 bridgehead atoms. The van der Waals surface area contributed by atoms with Crippen LogP contribution in [0, 0.1) is 0 Å². The molecule has 0 rings (SSSR count). The minimum Gasteiger partial charge on any atom is -0.677 e. The maximum absolute atomic E-state index is 6.71. The van der Waals surface area contributed by atoms with Gasteiger partial charge >= 0.3 is 51.4 Å². The maximum Gasteiger partial charge on any atom is 1.00 e. The van der Waals surface area contributed by atoms with E-state index in [1.807, 2.05) is 13.8 Å². The molecule has 0 unspecified atom stereocenters. The Kier molecular flexibility index (Phi) is 42.5. The van der Waals surface area contributed by atoms with Gasteiger partial charge in [-0.15, -0.1) is 0 Å². The van der Waals surface area contributed by atoms with Gasteiger partial charge < -0.3 is 5.73 Å². The van der Waals surface area contributed by atoms with Gasteiger partial charge in [0.2, 0.25) is 0 Å². The molecule has 0 atom stereocenters. The van der Waals surface area contributed by atoms with Crippen molar-refractivity contribution in [3.8, 4) is 0 Å². The molecule has 0 aliphatic carbocycles. The first kappa shape index (κ1) is 16.9. The molecule has 9 heavy (non-hydrogen) atoms. The molecule has 0 amide bonds. The summed E-state index contributed by atoms with van der Waals surface area (Å²) in [5.41, 5.74) is 6.71. The maximum atomic E-state index is 6.71. The van der Waals surface area contributed by atoms with Crippen LogP contribution in [0.2, 0.25) is 0 Å². The molecule has 1 N–H and O–H groups in total. The summed E-state index contributed by atoms with van der Waals surface area (Å²) >= 11 is 0. The second-order valence-electron chi connectivity index (χ2n) is 1.46. The van der Waals surface area contributed by atoms with Crippen LogP contribution >= 0.6 is 0 Å². The third kappa shape index (κ3) is 26.2. The largest absolute Gasteiger partial charge is 1.00 e. The van der Waals surface area contributed by atoms with Crippen LogP contribution in [0.3, 0.4) is 0 Å². The molecule has 0 aromatic rings. The zero-order valence-electron chi connectivity index (χ0n) is 7.33. The van der Waals surface area contributed by atoms with Crippen LogP contribution in [0.15, 0.2) is 0 Å². The van der Waals surface area contributed by atoms with E-state index in [2.05, 4.69) is 6.92 Å². The molecule has 0 saturated heterocycles. The first-order valence-corrected chi connectivity index (χ1v) is 3.56. The third-order valence-corrected chi connectivity index (χ3v) is 0.780. The van der Waals surface area contributed by atoms with Crippen LogP contribution in [0.4, 0.5) is 0 Å². The number of unbranched alkanes of at least 4 members (excludes halogenated alkanes) is 2. The standard InChI is InChI=1S/C5H12N.C2H6.K/c1-2-3-4-5-6;1-2;/h6H,2-5H2,1H3;1-2H3;/q-1;;+1. The Morgan fingerprint density at radius 1 is 1.11 bits per heavy atom. The summed E-state index contributed by atoms with van der Waals surface area (Å²) in [7, 11) is 0. The van der Waals surface area contributed by atoms with Gasteiger partial charge in [0.05, 0.1) is 0 Å². The molecule has 0 saturated carbocycles. The monoisotopic (exact) mass is 155 g/mol. The Bertz CT molecular complexity index is 20.9. The Hall–Kier alpha value is 1.60. The van der Waals surface area contributed by atoms with Gasteiger partial charge in [-0.25, -0.2) is 0 Å². The molecular weight excluding hydrogens is 137 g/mol. The zero-order chi connectivity index (χ0) is 6.83. The summed E-state index contributed by atoms with van der Waals surface area (Å²) in [6.45, 7) is 6.75. The average molecular weight is 155 g/mol. The Balaban J connectivity index is -0.000000109. The molecular formula is C7H18KN. The predicted molar refractivity (Wildman–Crippen MR) is 40.1 cm³/mol. The van der Waals surface area contributed by atoms with Crippen molar-refractivity contribution in [2.75, 3.05) is 6.54 Å². The van der Waals surface area contributed by atoms with E-state index in [9.17, 15) is 0 Å². The van der Waals surface area contributed by atoms with E-state index in [0.717, 1.165) is 6.42 Å². The van der Waals surface area contributed by atoms with E-state index >= 15 is 0 Å². The van der Waals surface area contributed by atoms with Crippen LogP contribution in [0.5, 0.6) is 0 Å². The Labute approximate surface area is 102 Å². The van der Waals surface area contributed by atoms with Gasteiger partial charge in [-0.05, 0) is 0 Å². The SMILES string of the molecule is CC.CCCCC[NH-].[K+]. The van der Waals surface area contributed by atoms with Crippen molar-refractivity contribution in [3.05, 3.63) is 5.73 Å². The van der Waals surface area contributed by atoms with Gasteiger partial charge in [0.15, 0.2) is 0 Å².